The first-order chi connectivity index (χ1) is 16.2. The zero-order valence-electron chi connectivity index (χ0n) is 18.3. The van der Waals surface area contributed by atoms with Gasteiger partial charge in [-0.3, -0.25) is 9.69 Å². The Morgan fingerprint density at radius 1 is 1.24 bits per heavy atom. The van der Waals surface area contributed by atoms with E-state index in [-0.39, 0.29) is 18.7 Å². The van der Waals surface area contributed by atoms with Gasteiger partial charge in [-0.1, -0.05) is 35.3 Å². The van der Waals surface area contributed by atoms with E-state index in [1.807, 2.05) is 13.8 Å². The van der Waals surface area contributed by atoms with Gasteiger partial charge in [0.1, 0.15) is 5.75 Å². The number of amidine groups is 1. The summed E-state index contributed by atoms with van der Waals surface area (Å²) >= 11 is 12.3. The number of benzene rings is 2. The van der Waals surface area contributed by atoms with Crippen LogP contribution in [0.15, 0.2) is 52.6 Å². The molecule has 0 bridgehead atoms. The molecule has 1 aliphatic rings. The number of anilines is 1. The van der Waals surface area contributed by atoms with E-state index in [0.29, 0.717) is 21.5 Å². The van der Waals surface area contributed by atoms with Gasteiger partial charge in [0.2, 0.25) is 6.29 Å². The number of nitrogens with two attached hydrogens (primary N) is 1. The van der Waals surface area contributed by atoms with Gasteiger partial charge in [-0.05, 0) is 49.7 Å². The smallest absolute Gasteiger partial charge is 0.351 e. The number of carbonyl (C=O) groups excluding carboxylic acids is 2. The Morgan fingerprint density at radius 2 is 1.94 bits per heavy atom. The van der Waals surface area contributed by atoms with Crippen LogP contribution in [0.25, 0.3) is 0 Å². The first-order valence-electron chi connectivity index (χ1n) is 10.1. The molecule has 180 valence electrons. The number of nitroso groups, excluding NO2 is 1. The maximum atomic E-state index is 12.9. The first kappa shape index (κ1) is 25.2. The highest BCUT2D eigenvalue weighted by Crippen LogP contribution is 2.30. The molecule has 0 aliphatic carbocycles. The van der Waals surface area contributed by atoms with Crippen LogP contribution in [0.4, 0.5) is 10.5 Å². The van der Waals surface area contributed by atoms with Gasteiger partial charge < -0.3 is 14.8 Å². The van der Waals surface area contributed by atoms with Crippen LogP contribution < -0.4 is 15.9 Å². The number of rotatable bonds is 8. The van der Waals surface area contributed by atoms with Crippen molar-refractivity contribution in [2.45, 2.75) is 32.8 Å². The zero-order valence-corrected chi connectivity index (χ0v) is 19.8. The molecule has 2 aromatic carbocycles. The third-order valence-corrected chi connectivity index (χ3v) is 5.05. The summed E-state index contributed by atoms with van der Waals surface area (Å²) in [4.78, 5) is 39.6. The van der Waals surface area contributed by atoms with Crippen LogP contribution in [-0.4, -0.2) is 46.9 Å². The molecule has 0 radical (unpaired) electrons. The lowest BCUT2D eigenvalue weighted by Gasteiger charge is -2.40. The van der Waals surface area contributed by atoms with Gasteiger partial charge in [0, 0.05) is 15.9 Å². The van der Waals surface area contributed by atoms with Crippen molar-refractivity contribution in [3.05, 3.63) is 63.0 Å². The van der Waals surface area contributed by atoms with Crippen molar-refractivity contribution in [2.75, 3.05) is 11.9 Å². The number of halogens is 2. The van der Waals surface area contributed by atoms with Crippen LogP contribution in [0.5, 0.6) is 5.75 Å². The van der Waals surface area contributed by atoms with Crippen molar-refractivity contribution in [2.24, 2.45) is 16.0 Å². The molecule has 1 unspecified atom stereocenters. The molecule has 1 heterocycles. The highest BCUT2D eigenvalue weighted by molar-refractivity contribution is 6.32. The quantitative estimate of drug-likeness (QED) is 0.403. The van der Waals surface area contributed by atoms with Gasteiger partial charge >= 0.3 is 18.0 Å². The van der Waals surface area contributed by atoms with E-state index in [0.717, 1.165) is 10.6 Å². The second kappa shape index (κ2) is 11.1. The first-order valence-corrected chi connectivity index (χ1v) is 10.8. The number of nitrogens with zero attached hydrogens (tertiary/aromatic N) is 4. The van der Waals surface area contributed by atoms with Crippen LogP contribution >= 0.6 is 23.2 Å². The molecule has 2 aromatic rings. The normalized spacial score (nSPS) is 15.8. The Hall–Kier alpha value is -3.41. The van der Waals surface area contributed by atoms with E-state index in [9.17, 15) is 14.5 Å². The molecule has 0 saturated heterocycles. The highest BCUT2D eigenvalue weighted by atomic mass is 35.5. The van der Waals surface area contributed by atoms with Crippen molar-refractivity contribution >= 4 is 46.8 Å². The Kier molecular flexibility index (Phi) is 8.26. The lowest BCUT2D eigenvalue weighted by molar-refractivity contribution is -0.120. The summed E-state index contributed by atoms with van der Waals surface area (Å²) in [6.45, 7) is 3.15. The molecular weight excluding hydrogens is 487 g/mol. The summed E-state index contributed by atoms with van der Waals surface area (Å²) in [6.07, 6.45) is -1.07. The average molecular weight is 509 g/mol. The van der Waals surface area contributed by atoms with Gasteiger partial charge in [0.05, 0.1) is 17.7 Å². The fourth-order valence-electron chi connectivity index (χ4n) is 3.00. The molecule has 3 rings (SSSR count). The molecule has 3 N–H and O–H groups in total. The summed E-state index contributed by atoms with van der Waals surface area (Å²) in [5.74, 6) is 5.60. The molecule has 0 fully saturated rings. The van der Waals surface area contributed by atoms with E-state index < -0.39 is 24.8 Å². The summed E-state index contributed by atoms with van der Waals surface area (Å²) in [6, 6.07) is 10.8. The van der Waals surface area contributed by atoms with Gasteiger partial charge in [0.25, 0.3) is 0 Å². The average Bonchev–Trinajstić information content (AvgIpc) is 2.80. The maximum Gasteiger partial charge on any atom is 0.351 e. The third-order valence-electron chi connectivity index (χ3n) is 4.50. The van der Waals surface area contributed by atoms with Gasteiger partial charge in [-0.15, -0.1) is 9.90 Å². The van der Waals surface area contributed by atoms with Crippen LogP contribution in [0.3, 0.4) is 0 Å². The minimum Gasteiger partial charge on any atom is -0.489 e. The van der Waals surface area contributed by atoms with Gasteiger partial charge in [0.15, 0.2) is 6.61 Å². The van der Waals surface area contributed by atoms with Crippen molar-refractivity contribution in [1.82, 2.24) is 9.91 Å². The Labute approximate surface area is 205 Å². The predicted octanol–water partition coefficient (Wildman–Crippen LogP) is 3.95. The summed E-state index contributed by atoms with van der Waals surface area (Å²) in [7, 11) is 0. The summed E-state index contributed by atoms with van der Waals surface area (Å²) in [5.41, 5.74) is 1.28. The summed E-state index contributed by atoms with van der Waals surface area (Å²) < 4.78 is 10.8. The zero-order chi connectivity index (χ0) is 24.8. The Balaban J connectivity index is 1.89. The molecule has 1 aliphatic heterocycles. The van der Waals surface area contributed by atoms with E-state index in [2.05, 4.69) is 15.5 Å². The molecule has 11 nitrogen and oxygen atoms in total. The minimum absolute atomic E-state index is 0.0684. The fraction of sp³-hybridized carbons (Fsp3) is 0.286. The van der Waals surface area contributed by atoms with E-state index in [4.69, 9.17) is 38.5 Å². The molecule has 0 aromatic heterocycles. The number of amides is 3. The van der Waals surface area contributed by atoms with Crippen molar-refractivity contribution in [1.29, 1.82) is 0 Å². The lowest BCUT2D eigenvalue weighted by Crippen LogP contribution is -2.63. The molecule has 3 amide bonds. The molecule has 34 heavy (non-hydrogen) atoms. The highest BCUT2D eigenvalue weighted by Gasteiger charge is 2.36. The van der Waals surface area contributed by atoms with Crippen molar-refractivity contribution < 1.29 is 19.1 Å². The van der Waals surface area contributed by atoms with Gasteiger partial charge in [-0.25, -0.2) is 15.6 Å². The molecule has 0 saturated carbocycles. The van der Waals surface area contributed by atoms with Crippen LogP contribution in [0, 0.1) is 4.91 Å². The number of ether oxygens (including phenoxy) is 2. The molecule has 1 atom stereocenters. The number of carbonyl (C=O) groups is 2. The largest absolute Gasteiger partial charge is 0.489 e. The SMILES string of the molecule is CC(C)Oc1ccc(NC2N(N)C(OCC(=O)N=O)=NC(=O)N2Cc2ccc(Cl)cc2)cc1Cl. The minimum atomic E-state index is -1.08. The van der Waals surface area contributed by atoms with E-state index in [1.54, 1.807) is 42.5 Å². The maximum absolute atomic E-state index is 12.9. The topological polar surface area (TPSA) is 139 Å². The molecule has 13 heteroatoms. The second-order valence-electron chi connectivity index (χ2n) is 7.44. The number of urea groups is 1. The second-order valence-corrected chi connectivity index (χ2v) is 8.29. The van der Waals surface area contributed by atoms with Crippen LogP contribution in [0.1, 0.15) is 19.4 Å². The monoisotopic (exact) mass is 508 g/mol. The Bertz CT molecular complexity index is 1100. The van der Waals surface area contributed by atoms with Crippen molar-refractivity contribution in [3.63, 3.8) is 0 Å². The number of hydrogen-bond donors (Lipinski definition) is 2. The van der Waals surface area contributed by atoms with E-state index >= 15 is 0 Å². The van der Waals surface area contributed by atoms with E-state index in [1.165, 1.54) is 4.90 Å². The lowest BCUT2D eigenvalue weighted by atomic mass is 10.2. The number of hydrogen-bond acceptors (Lipinski definition) is 8. The summed E-state index contributed by atoms with van der Waals surface area (Å²) in [5, 5.41) is 7.26. The van der Waals surface area contributed by atoms with Crippen molar-refractivity contribution in [3.8, 4) is 5.75 Å². The molecule has 0 spiro atoms. The van der Waals surface area contributed by atoms with Gasteiger partial charge in [-0.2, -0.15) is 0 Å². The standard InChI is InChI=1S/C21H22Cl2N6O5/c1-12(2)34-17-8-7-15(9-16(17)23)25-19-28(10-13-3-5-14(22)6-4-13)20(31)26-21(29(19)24)33-11-18(30)27-32/h3-9,12,19,25H,10-11,24H2,1-2H3. The third kappa shape index (κ3) is 6.34. The van der Waals surface area contributed by atoms with Crippen LogP contribution in [0.2, 0.25) is 10.0 Å². The molecular formula is C21H22Cl2N6O5. The number of hydrazine groups is 1. The number of aliphatic imine (C=N–C) groups is 1. The number of nitrogens with one attached hydrogen (secondary N) is 1. The fourth-order valence-corrected chi connectivity index (χ4v) is 3.35. The Morgan fingerprint density at radius 3 is 2.56 bits per heavy atom. The predicted molar refractivity (Wildman–Crippen MR) is 127 cm³/mol. The van der Waals surface area contributed by atoms with Crippen LogP contribution in [-0.2, 0) is 16.1 Å².